The summed E-state index contributed by atoms with van der Waals surface area (Å²) in [5, 5.41) is 3.03. The molecule has 0 saturated carbocycles. The fraction of sp³-hybridized carbons (Fsp3) is 0.560. The van der Waals surface area contributed by atoms with Gasteiger partial charge in [-0.1, -0.05) is 31.2 Å². The van der Waals surface area contributed by atoms with Crippen LogP contribution < -0.4 is 10.1 Å². The van der Waals surface area contributed by atoms with E-state index in [9.17, 15) is 9.18 Å². The zero-order chi connectivity index (χ0) is 22.0. The van der Waals surface area contributed by atoms with E-state index in [0.29, 0.717) is 12.6 Å². The molecule has 2 heterocycles. The van der Waals surface area contributed by atoms with E-state index < -0.39 is 0 Å². The van der Waals surface area contributed by atoms with Crippen LogP contribution in [0.25, 0.3) is 0 Å². The van der Waals surface area contributed by atoms with E-state index >= 15 is 0 Å². The van der Waals surface area contributed by atoms with Crippen molar-refractivity contribution in [3.05, 3.63) is 53.9 Å². The van der Waals surface area contributed by atoms with Gasteiger partial charge in [-0.3, -0.25) is 4.90 Å². The van der Waals surface area contributed by atoms with Gasteiger partial charge in [-0.2, -0.15) is 0 Å². The molecule has 5 nitrogen and oxygen atoms in total. The molecule has 1 aliphatic carbocycles. The molecule has 6 heteroatoms. The van der Waals surface area contributed by atoms with Crippen molar-refractivity contribution in [2.24, 2.45) is 0 Å². The molecule has 1 N–H and O–H groups in total. The summed E-state index contributed by atoms with van der Waals surface area (Å²) < 4.78 is 19.9. The van der Waals surface area contributed by atoms with Crippen molar-refractivity contribution < 1.29 is 13.9 Å². The normalized spacial score (nSPS) is 29.7. The maximum Gasteiger partial charge on any atom is 0.318 e. The summed E-state index contributed by atoms with van der Waals surface area (Å²) in [6, 6.07) is 8.40. The Morgan fingerprint density at radius 2 is 2.23 bits per heavy atom. The third kappa shape index (κ3) is 4.64. The van der Waals surface area contributed by atoms with Gasteiger partial charge in [0.05, 0.1) is 17.7 Å². The summed E-state index contributed by atoms with van der Waals surface area (Å²) in [4.78, 5) is 17.1. The van der Waals surface area contributed by atoms with Gasteiger partial charge in [-0.05, 0) is 56.9 Å². The Labute approximate surface area is 184 Å². The van der Waals surface area contributed by atoms with Crippen molar-refractivity contribution >= 4 is 6.03 Å². The van der Waals surface area contributed by atoms with E-state index in [1.54, 1.807) is 6.08 Å². The van der Waals surface area contributed by atoms with E-state index in [1.165, 1.54) is 11.6 Å². The minimum Gasteiger partial charge on any atom is -0.491 e. The zero-order valence-corrected chi connectivity index (χ0v) is 18.8. The molecule has 2 saturated heterocycles. The lowest BCUT2D eigenvalue weighted by Gasteiger charge is -2.49. The molecule has 2 fully saturated rings. The molecule has 1 aromatic rings. The van der Waals surface area contributed by atoms with E-state index in [-0.39, 0.29) is 36.0 Å². The number of hydrogen-bond donors (Lipinski definition) is 1. The maximum absolute atomic E-state index is 13.9. The number of carbonyl (C=O) groups is 1. The fourth-order valence-corrected chi connectivity index (χ4v) is 5.16. The number of carbonyl (C=O) groups excluding carboxylic acids is 1. The third-order valence-corrected chi connectivity index (χ3v) is 7.00. The van der Waals surface area contributed by atoms with Crippen LogP contribution in [0.4, 0.5) is 9.18 Å². The number of halogens is 1. The summed E-state index contributed by atoms with van der Waals surface area (Å²) in [5.74, 6) is 0.760. The van der Waals surface area contributed by atoms with Crippen molar-refractivity contribution in [2.45, 2.75) is 76.7 Å². The number of ether oxygens (including phenoxy) is 1. The van der Waals surface area contributed by atoms with Crippen LogP contribution in [-0.2, 0) is 6.54 Å². The quantitative estimate of drug-likeness (QED) is 0.710. The molecule has 1 aromatic carbocycles. The lowest BCUT2D eigenvalue weighted by atomic mass is 9.81. The van der Waals surface area contributed by atoms with Crippen molar-refractivity contribution in [3.63, 3.8) is 0 Å². The SMILES string of the molecule is CC[C@@H](C)Oc1cccc(CN2CC[C@]3(CNC(=O)N3C3C=CC=C(F)C3)C[C@@H]2C)c1. The molecule has 4 rings (SSSR count). The zero-order valence-electron chi connectivity index (χ0n) is 18.8. The molecule has 4 atom stereocenters. The molecule has 1 spiro atoms. The Morgan fingerprint density at radius 1 is 1.39 bits per heavy atom. The molecular weight excluding hydrogens is 393 g/mol. The third-order valence-electron chi connectivity index (χ3n) is 7.00. The second-order valence-electron chi connectivity index (χ2n) is 9.28. The largest absolute Gasteiger partial charge is 0.491 e. The molecule has 3 aliphatic rings. The maximum atomic E-state index is 13.9. The van der Waals surface area contributed by atoms with E-state index in [4.69, 9.17) is 4.74 Å². The van der Waals surface area contributed by atoms with Gasteiger partial charge >= 0.3 is 6.03 Å². The number of nitrogens with zero attached hydrogens (tertiary/aromatic N) is 2. The molecule has 0 bridgehead atoms. The first-order valence-corrected chi connectivity index (χ1v) is 11.5. The Morgan fingerprint density at radius 3 is 2.97 bits per heavy atom. The second-order valence-corrected chi connectivity index (χ2v) is 9.28. The first-order chi connectivity index (χ1) is 14.9. The van der Waals surface area contributed by atoms with Crippen molar-refractivity contribution in [1.29, 1.82) is 0 Å². The van der Waals surface area contributed by atoms with Crippen molar-refractivity contribution in [3.8, 4) is 5.75 Å². The minimum atomic E-state index is -0.249. The lowest BCUT2D eigenvalue weighted by molar-refractivity contribution is 0.0268. The van der Waals surface area contributed by atoms with Crippen LogP contribution in [0.1, 0.15) is 52.0 Å². The van der Waals surface area contributed by atoms with Crippen LogP contribution in [0, 0.1) is 0 Å². The van der Waals surface area contributed by atoms with E-state index in [0.717, 1.165) is 38.1 Å². The number of nitrogens with one attached hydrogen (secondary N) is 1. The fourth-order valence-electron chi connectivity index (χ4n) is 5.16. The van der Waals surface area contributed by atoms with Gasteiger partial charge in [0, 0.05) is 32.1 Å². The smallest absolute Gasteiger partial charge is 0.318 e. The monoisotopic (exact) mass is 427 g/mol. The molecule has 0 aromatic heterocycles. The van der Waals surface area contributed by atoms with Gasteiger partial charge < -0.3 is 15.0 Å². The average molecular weight is 428 g/mol. The molecule has 2 aliphatic heterocycles. The van der Waals surface area contributed by atoms with Crippen molar-refractivity contribution in [2.75, 3.05) is 13.1 Å². The summed E-state index contributed by atoms with van der Waals surface area (Å²) in [7, 11) is 0. The highest BCUT2D eigenvalue weighted by molar-refractivity contribution is 5.78. The van der Waals surface area contributed by atoms with Crippen LogP contribution >= 0.6 is 0 Å². The summed E-state index contributed by atoms with van der Waals surface area (Å²) in [5.41, 5.74) is 0.990. The van der Waals surface area contributed by atoms with E-state index in [1.807, 2.05) is 17.0 Å². The number of rotatable bonds is 6. The first-order valence-electron chi connectivity index (χ1n) is 11.5. The molecule has 0 radical (unpaired) electrons. The molecule has 1 unspecified atom stereocenters. The van der Waals surface area contributed by atoms with Crippen LogP contribution in [-0.4, -0.2) is 52.6 Å². The molecule has 2 amide bonds. The Hall–Kier alpha value is -2.34. The summed E-state index contributed by atoms with van der Waals surface area (Å²) in [6.45, 7) is 8.84. The van der Waals surface area contributed by atoms with Crippen LogP contribution in [0.5, 0.6) is 5.75 Å². The first kappa shape index (κ1) is 21.9. The van der Waals surface area contributed by atoms with Crippen LogP contribution in [0.2, 0.25) is 0 Å². The van der Waals surface area contributed by atoms with Crippen LogP contribution in [0.15, 0.2) is 48.3 Å². The molecular formula is C25H34FN3O2. The molecule has 31 heavy (non-hydrogen) atoms. The number of benzene rings is 1. The van der Waals surface area contributed by atoms with Gasteiger partial charge in [0.15, 0.2) is 0 Å². The lowest BCUT2D eigenvalue weighted by Crippen LogP contribution is -2.59. The topological polar surface area (TPSA) is 44.8 Å². The van der Waals surface area contributed by atoms with Gasteiger partial charge in [0.25, 0.3) is 0 Å². The highest BCUT2D eigenvalue weighted by Crippen LogP contribution is 2.39. The molecule has 168 valence electrons. The van der Waals surface area contributed by atoms with Crippen molar-refractivity contribution in [1.82, 2.24) is 15.1 Å². The number of amides is 2. The Kier molecular flexibility index (Phi) is 6.37. The number of likely N-dealkylation sites (tertiary alicyclic amines) is 1. The number of hydrogen-bond acceptors (Lipinski definition) is 3. The Bertz CT molecular complexity index is 870. The second kappa shape index (κ2) is 9.03. The number of urea groups is 1. The predicted octanol–water partition coefficient (Wildman–Crippen LogP) is 4.79. The Balaban J connectivity index is 1.44. The summed E-state index contributed by atoms with van der Waals surface area (Å²) in [6.07, 6.45) is 8.39. The summed E-state index contributed by atoms with van der Waals surface area (Å²) >= 11 is 0. The van der Waals surface area contributed by atoms with Gasteiger partial charge in [-0.25, -0.2) is 9.18 Å². The minimum absolute atomic E-state index is 0.0695. The number of allylic oxidation sites excluding steroid dienone is 2. The van der Waals surface area contributed by atoms with E-state index in [2.05, 4.69) is 49.2 Å². The van der Waals surface area contributed by atoms with Gasteiger partial charge in [0.2, 0.25) is 0 Å². The van der Waals surface area contributed by atoms with Gasteiger partial charge in [-0.15, -0.1) is 0 Å². The highest BCUT2D eigenvalue weighted by Gasteiger charge is 2.51. The average Bonchev–Trinajstić information content (AvgIpc) is 3.06. The highest BCUT2D eigenvalue weighted by atomic mass is 19.1. The number of piperidine rings is 1. The van der Waals surface area contributed by atoms with Crippen LogP contribution in [0.3, 0.4) is 0 Å². The standard InChI is InChI=1S/C25H34FN3O2/c1-4-19(3)31-23-10-5-7-20(13-23)16-28-12-11-25(15-18(28)2)17-27-24(30)29(25)22-9-6-8-21(26)14-22/h5-10,13,18-19,22H,4,11-12,14-17H2,1-3H3,(H,27,30)/t18-,19+,22?,25+/m0/s1. The van der Waals surface area contributed by atoms with Gasteiger partial charge in [0.1, 0.15) is 11.6 Å². The predicted molar refractivity (Wildman–Crippen MR) is 121 cm³/mol.